The molecule has 1 unspecified atom stereocenters. The van der Waals surface area contributed by atoms with Crippen LogP contribution in [0.1, 0.15) is 31.9 Å². The summed E-state index contributed by atoms with van der Waals surface area (Å²) in [5.41, 5.74) is 0.316. The van der Waals surface area contributed by atoms with Crippen LogP contribution in [0.2, 0.25) is 5.02 Å². The van der Waals surface area contributed by atoms with Crippen LogP contribution in [0.15, 0.2) is 42.5 Å². The van der Waals surface area contributed by atoms with Gasteiger partial charge < -0.3 is 10.2 Å². The lowest BCUT2D eigenvalue weighted by Gasteiger charge is -2.29. The minimum atomic E-state index is -0.869. The van der Waals surface area contributed by atoms with E-state index in [0.29, 0.717) is 6.54 Å². The van der Waals surface area contributed by atoms with E-state index in [-0.39, 0.29) is 40.9 Å². The van der Waals surface area contributed by atoms with Crippen LogP contribution in [0, 0.1) is 17.6 Å². The molecule has 2 aromatic rings. The molecule has 29 heavy (non-hydrogen) atoms. The molecular formula is C22H25ClF2N2O2. The summed E-state index contributed by atoms with van der Waals surface area (Å²) >= 11 is 6.04. The van der Waals surface area contributed by atoms with Gasteiger partial charge in [-0.15, -0.1) is 0 Å². The van der Waals surface area contributed by atoms with Crippen LogP contribution in [0.4, 0.5) is 8.78 Å². The van der Waals surface area contributed by atoms with E-state index in [0.717, 1.165) is 0 Å². The number of amides is 2. The highest BCUT2D eigenvalue weighted by molar-refractivity contribution is 6.31. The Bertz CT molecular complexity index is 853. The van der Waals surface area contributed by atoms with Crippen molar-refractivity contribution < 1.29 is 18.4 Å². The third kappa shape index (κ3) is 6.26. The molecule has 2 aromatic carbocycles. The summed E-state index contributed by atoms with van der Waals surface area (Å²) < 4.78 is 28.3. The van der Waals surface area contributed by atoms with Crippen molar-refractivity contribution in [2.75, 3.05) is 6.54 Å². The average molecular weight is 423 g/mol. The number of carbonyl (C=O) groups is 2. The fourth-order valence-electron chi connectivity index (χ4n) is 2.80. The van der Waals surface area contributed by atoms with E-state index in [1.54, 1.807) is 25.1 Å². The maximum atomic E-state index is 14.2. The molecule has 0 heterocycles. The molecule has 0 fully saturated rings. The quantitative estimate of drug-likeness (QED) is 0.687. The highest BCUT2D eigenvalue weighted by Gasteiger charge is 2.28. The van der Waals surface area contributed by atoms with Crippen LogP contribution in [0.25, 0.3) is 0 Å². The van der Waals surface area contributed by atoms with Crippen molar-refractivity contribution in [2.24, 2.45) is 5.92 Å². The van der Waals surface area contributed by atoms with Crippen molar-refractivity contribution in [1.82, 2.24) is 10.2 Å². The molecular weight excluding hydrogens is 398 g/mol. The van der Waals surface area contributed by atoms with Crippen LogP contribution in [-0.2, 0) is 22.6 Å². The highest BCUT2D eigenvalue weighted by Crippen LogP contribution is 2.22. The van der Waals surface area contributed by atoms with Crippen molar-refractivity contribution in [1.29, 1.82) is 0 Å². The van der Waals surface area contributed by atoms with Crippen molar-refractivity contribution in [3.05, 3.63) is 70.2 Å². The van der Waals surface area contributed by atoms with Crippen LogP contribution in [0.3, 0.4) is 0 Å². The molecule has 7 heteroatoms. The summed E-state index contributed by atoms with van der Waals surface area (Å²) in [7, 11) is 0. The predicted molar refractivity (Wildman–Crippen MR) is 109 cm³/mol. The fourth-order valence-corrected chi connectivity index (χ4v) is 3.03. The first kappa shape index (κ1) is 22.8. The molecule has 2 amide bonds. The zero-order valence-electron chi connectivity index (χ0n) is 16.7. The van der Waals surface area contributed by atoms with Gasteiger partial charge >= 0.3 is 0 Å². The molecule has 0 saturated carbocycles. The number of nitrogens with one attached hydrogen (secondary N) is 1. The Morgan fingerprint density at radius 3 is 2.31 bits per heavy atom. The zero-order valence-corrected chi connectivity index (χ0v) is 17.5. The third-order valence-corrected chi connectivity index (χ3v) is 4.89. The Balaban J connectivity index is 2.29. The van der Waals surface area contributed by atoms with E-state index < -0.39 is 23.6 Å². The number of rotatable bonds is 8. The van der Waals surface area contributed by atoms with Crippen LogP contribution in [0.5, 0.6) is 0 Å². The summed E-state index contributed by atoms with van der Waals surface area (Å²) in [4.78, 5) is 26.8. The molecule has 0 aliphatic carbocycles. The first-order chi connectivity index (χ1) is 13.7. The Hall–Kier alpha value is -2.47. The molecule has 156 valence electrons. The highest BCUT2D eigenvalue weighted by atomic mass is 35.5. The van der Waals surface area contributed by atoms with Crippen LogP contribution < -0.4 is 5.32 Å². The monoisotopic (exact) mass is 422 g/mol. The Labute approximate surface area is 174 Å². The second kappa shape index (κ2) is 10.3. The molecule has 1 N–H and O–H groups in total. The maximum absolute atomic E-state index is 14.2. The lowest BCUT2D eigenvalue weighted by Crippen LogP contribution is -2.48. The largest absolute Gasteiger partial charge is 0.354 e. The predicted octanol–water partition coefficient (Wildman–Crippen LogP) is 4.35. The standard InChI is InChI=1S/C22H25ClF2N2O2/c1-14(2)12-26-22(29)15(3)27(13-16-7-4-5-9-19(16)24)21(28)11-17-18(23)8-6-10-20(17)25/h4-10,14-15H,11-13H2,1-3H3,(H,26,29). The molecule has 2 rings (SSSR count). The van der Waals surface area contributed by atoms with E-state index in [4.69, 9.17) is 11.6 Å². The first-order valence-electron chi connectivity index (χ1n) is 9.44. The molecule has 4 nitrogen and oxygen atoms in total. The second-order valence-electron chi connectivity index (χ2n) is 7.31. The van der Waals surface area contributed by atoms with Gasteiger partial charge in [-0.1, -0.05) is 49.7 Å². The average Bonchev–Trinajstić information content (AvgIpc) is 2.67. The lowest BCUT2D eigenvalue weighted by molar-refractivity contribution is -0.140. The van der Waals surface area contributed by atoms with Gasteiger partial charge in [0.05, 0.1) is 6.42 Å². The normalized spacial score (nSPS) is 12.0. The van der Waals surface area contributed by atoms with Gasteiger partial charge in [-0.25, -0.2) is 8.78 Å². The summed E-state index contributed by atoms with van der Waals surface area (Å²) in [6.07, 6.45) is -0.332. The number of nitrogens with zero attached hydrogens (tertiary/aromatic N) is 1. The zero-order chi connectivity index (χ0) is 21.6. The van der Waals surface area contributed by atoms with Crippen LogP contribution in [-0.4, -0.2) is 29.3 Å². The summed E-state index contributed by atoms with van der Waals surface area (Å²) in [5.74, 6) is -1.73. The lowest BCUT2D eigenvalue weighted by atomic mass is 10.1. The van der Waals surface area contributed by atoms with E-state index in [2.05, 4.69) is 5.32 Å². The topological polar surface area (TPSA) is 49.4 Å². The van der Waals surface area contributed by atoms with E-state index in [9.17, 15) is 18.4 Å². The minimum Gasteiger partial charge on any atom is -0.354 e. The van der Waals surface area contributed by atoms with Gasteiger partial charge in [0, 0.05) is 29.2 Å². The molecule has 1 atom stereocenters. The molecule has 0 aliphatic rings. The molecule has 0 aromatic heterocycles. The SMILES string of the molecule is CC(C)CNC(=O)C(C)N(Cc1ccccc1F)C(=O)Cc1c(F)cccc1Cl. The van der Waals surface area contributed by atoms with E-state index in [1.807, 2.05) is 13.8 Å². The first-order valence-corrected chi connectivity index (χ1v) is 9.82. The summed E-state index contributed by atoms with van der Waals surface area (Å²) in [6.45, 7) is 5.80. The van der Waals surface area contributed by atoms with E-state index in [1.165, 1.54) is 29.2 Å². The van der Waals surface area contributed by atoms with Gasteiger partial charge in [0.1, 0.15) is 17.7 Å². The molecule has 0 saturated heterocycles. The van der Waals surface area contributed by atoms with Crippen molar-refractivity contribution in [2.45, 2.75) is 39.8 Å². The van der Waals surface area contributed by atoms with Gasteiger partial charge in [0.2, 0.25) is 11.8 Å². The molecule has 0 spiro atoms. The van der Waals surface area contributed by atoms with Gasteiger partial charge in [-0.3, -0.25) is 9.59 Å². The van der Waals surface area contributed by atoms with Gasteiger partial charge in [0.15, 0.2) is 0 Å². The number of carbonyl (C=O) groups excluding carboxylic acids is 2. The number of hydrogen-bond acceptors (Lipinski definition) is 2. The van der Waals surface area contributed by atoms with Gasteiger partial charge in [-0.05, 0) is 31.0 Å². The smallest absolute Gasteiger partial charge is 0.242 e. The number of benzene rings is 2. The van der Waals surface area contributed by atoms with Crippen LogP contribution >= 0.6 is 11.6 Å². The molecule has 0 bridgehead atoms. The Morgan fingerprint density at radius 1 is 1.03 bits per heavy atom. The third-order valence-electron chi connectivity index (χ3n) is 4.54. The van der Waals surface area contributed by atoms with E-state index >= 15 is 0 Å². The molecule has 0 aliphatic heterocycles. The summed E-state index contributed by atoms with van der Waals surface area (Å²) in [6, 6.07) is 9.32. The second-order valence-corrected chi connectivity index (χ2v) is 7.71. The van der Waals surface area contributed by atoms with Gasteiger partial charge in [-0.2, -0.15) is 0 Å². The maximum Gasteiger partial charge on any atom is 0.242 e. The Morgan fingerprint density at radius 2 is 1.69 bits per heavy atom. The number of halogens is 3. The van der Waals surface area contributed by atoms with Crippen molar-refractivity contribution in [3.8, 4) is 0 Å². The summed E-state index contributed by atoms with van der Waals surface area (Å²) in [5, 5.41) is 2.90. The Kier molecular flexibility index (Phi) is 8.14. The molecule has 0 radical (unpaired) electrons. The van der Waals surface area contributed by atoms with Crippen molar-refractivity contribution >= 4 is 23.4 Å². The van der Waals surface area contributed by atoms with Crippen molar-refractivity contribution in [3.63, 3.8) is 0 Å². The fraction of sp³-hybridized carbons (Fsp3) is 0.364. The number of hydrogen-bond donors (Lipinski definition) is 1. The van der Waals surface area contributed by atoms with Gasteiger partial charge in [0.25, 0.3) is 0 Å². The minimum absolute atomic E-state index is 0.0486.